The Morgan fingerprint density at radius 3 is 1.89 bits per heavy atom. The summed E-state index contributed by atoms with van der Waals surface area (Å²) in [5.41, 5.74) is -4.07. The van der Waals surface area contributed by atoms with Gasteiger partial charge in [-0.05, 0) is 74.2 Å². The first-order valence-electron chi connectivity index (χ1n) is 14.2. The van der Waals surface area contributed by atoms with Gasteiger partial charge in [0.2, 0.25) is 17.7 Å². The molecule has 3 rings (SSSR count). The van der Waals surface area contributed by atoms with E-state index in [1.807, 2.05) is 4.90 Å². The van der Waals surface area contributed by atoms with Crippen molar-refractivity contribution in [3.63, 3.8) is 0 Å². The molecule has 1 heterocycles. The number of rotatable bonds is 8. The van der Waals surface area contributed by atoms with Gasteiger partial charge in [0.05, 0.1) is 16.5 Å². The lowest BCUT2D eigenvalue weighted by Gasteiger charge is -2.45. The number of amides is 3. The standard InChI is InChI=1S/C31H37F7N4O3/c1-17-11-21(32)7-8-22(17)23-15-42(16-24(26(43)39-4)27(44)40-5)10-9-25(23)41(6)28(45)29(2,3)18-12-19(30(33,34)35)14-20(13-18)31(36,37)38/h7-8,11-14,23-25H,9-10,15-16H2,1-6H3,(H,39,43)(H,40,44)/t23-,25+/m1/s1. The maximum absolute atomic E-state index is 14.1. The van der Waals surface area contributed by atoms with Crippen LogP contribution in [0.3, 0.4) is 0 Å². The summed E-state index contributed by atoms with van der Waals surface area (Å²) >= 11 is 0. The Balaban J connectivity index is 2.02. The lowest BCUT2D eigenvalue weighted by Crippen LogP contribution is -2.55. The van der Waals surface area contributed by atoms with Gasteiger partial charge >= 0.3 is 12.4 Å². The number of likely N-dealkylation sites (tertiary alicyclic amines) is 1. The van der Waals surface area contributed by atoms with Crippen LogP contribution >= 0.6 is 0 Å². The summed E-state index contributed by atoms with van der Waals surface area (Å²) in [4.78, 5) is 42.1. The highest BCUT2D eigenvalue weighted by atomic mass is 19.4. The molecule has 1 aliphatic heterocycles. The zero-order chi connectivity index (χ0) is 34.1. The number of halogens is 7. The minimum absolute atomic E-state index is 0.0156. The lowest BCUT2D eigenvalue weighted by molar-refractivity contribution is -0.144. The lowest BCUT2D eigenvalue weighted by atomic mass is 9.78. The minimum atomic E-state index is -5.08. The van der Waals surface area contributed by atoms with Gasteiger partial charge in [-0.1, -0.05) is 6.07 Å². The van der Waals surface area contributed by atoms with Crippen LogP contribution in [0.4, 0.5) is 30.7 Å². The number of aryl methyl sites for hydroxylation is 1. The quantitative estimate of drug-likeness (QED) is 0.317. The minimum Gasteiger partial charge on any atom is -0.358 e. The van der Waals surface area contributed by atoms with Crippen LogP contribution in [-0.2, 0) is 32.2 Å². The van der Waals surface area contributed by atoms with Crippen LogP contribution in [-0.4, -0.2) is 74.3 Å². The average molecular weight is 647 g/mol. The topological polar surface area (TPSA) is 81.8 Å². The molecular weight excluding hydrogens is 609 g/mol. The number of hydrogen-bond acceptors (Lipinski definition) is 4. The van der Waals surface area contributed by atoms with Gasteiger partial charge in [-0.15, -0.1) is 0 Å². The van der Waals surface area contributed by atoms with E-state index < -0.39 is 75.9 Å². The normalized spacial score (nSPS) is 18.1. The number of hydrogen-bond donors (Lipinski definition) is 2. The summed E-state index contributed by atoms with van der Waals surface area (Å²) in [7, 11) is 4.24. The van der Waals surface area contributed by atoms with E-state index in [4.69, 9.17) is 0 Å². The van der Waals surface area contributed by atoms with E-state index in [9.17, 15) is 45.1 Å². The second-order valence-corrected chi connectivity index (χ2v) is 11.8. The average Bonchev–Trinajstić information content (AvgIpc) is 2.97. The Morgan fingerprint density at radius 1 is 0.911 bits per heavy atom. The van der Waals surface area contributed by atoms with E-state index in [1.165, 1.54) is 52.0 Å². The van der Waals surface area contributed by atoms with Crippen LogP contribution < -0.4 is 10.6 Å². The van der Waals surface area contributed by atoms with Crippen LogP contribution in [0.2, 0.25) is 0 Å². The second kappa shape index (κ2) is 13.4. The highest BCUT2D eigenvalue weighted by Crippen LogP contribution is 2.41. The highest BCUT2D eigenvalue weighted by Gasteiger charge is 2.44. The molecule has 7 nitrogen and oxygen atoms in total. The van der Waals surface area contributed by atoms with E-state index >= 15 is 0 Å². The molecular formula is C31H37F7N4O3. The van der Waals surface area contributed by atoms with Gasteiger partial charge < -0.3 is 20.4 Å². The second-order valence-electron chi connectivity index (χ2n) is 11.8. The Labute approximate surface area is 257 Å². The number of alkyl halides is 6. The molecule has 0 saturated carbocycles. The third-order valence-electron chi connectivity index (χ3n) is 8.52. The molecule has 45 heavy (non-hydrogen) atoms. The predicted molar refractivity (Wildman–Crippen MR) is 153 cm³/mol. The van der Waals surface area contributed by atoms with Crippen molar-refractivity contribution in [1.29, 1.82) is 0 Å². The molecule has 0 radical (unpaired) electrons. The summed E-state index contributed by atoms with van der Waals surface area (Å²) in [6.45, 7) is 4.79. The first kappa shape index (κ1) is 35.8. The molecule has 2 N–H and O–H groups in total. The zero-order valence-corrected chi connectivity index (χ0v) is 25.8. The van der Waals surface area contributed by atoms with Gasteiger partial charge in [-0.2, -0.15) is 26.3 Å². The number of carbonyl (C=O) groups is 3. The summed E-state index contributed by atoms with van der Waals surface area (Å²) < 4.78 is 95.7. The number of nitrogens with one attached hydrogen (secondary N) is 2. The number of piperidine rings is 1. The van der Waals surface area contributed by atoms with Crippen LogP contribution in [0.25, 0.3) is 0 Å². The van der Waals surface area contributed by atoms with E-state index in [0.717, 1.165) is 0 Å². The summed E-state index contributed by atoms with van der Waals surface area (Å²) in [5.74, 6) is -3.76. The molecule has 3 amide bonds. The predicted octanol–water partition coefficient (Wildman–Crippen LogP) is 4.87. The maximum atomic E-state index is 14.1. The molecule has 0 unspecified atom stereocenters. The molecule has 0 aliphatic carbocycles. The molecule has 14 heteroatoms. The van der Waals surface area contributed by atoms with Gasteiger partial charge in [0, 0.05) is 52.7 Å². The number of carbonyl (C=O) groups excluding carboxylic acids is 3. The third kappa shape index (κ3) is 7.95. The summed E-state index contributed by atoms with van der Waals surface area (Å²) in [5, 5.41) is 4.93. The van der Waals surface area contributed by atoms with Gasteiger partial charge in [-0.3, -0.25) is 14.4 Å². The molecule has 2 aromatic rings. The molecule has 248 valence electrons. The molecule has 0 aromatic heterocycles. The Morgan fingerprint density at radius 2 is 1.42 bits per heavy atom. The molecule has 0 spiro atoms. The largest absolute Gasteiger partial charge is 0.416 e. The first-order chi connectivity index (χ1) is 20.7. The van der Waals surface area contributed by atoms with Crippen molar-refractivity contribution in [3.8, 4) is 0 Å². The first-order valence-corrected chi connectivity index (χ1v) is 14.2. The van der Waals surface area contributed by atoms with Gasteiger partial charge in [0.1, 0.15) is 11.7 Å². The molecule has 0 bridgehead atoms. The van der Waals surface area contributed by atoms with Crippen molar-refractivity contribution >= 4 is 17.7 Å². The Kier molecular flexibility index (Phi) is 10.6. The molecule has 2 aromatic carbocycles. The van der Waals surface area contributed by atoms with E-state index in [-0.39, 0.29) is 25.6 Å². The monoisotopic (exact) mass is 646 g/mol. The van der Waals surface area contributed by atoms with Gasteiger partial charge in [0.15, 0.2) is 0 Å². The third-order valence-corrected chi connectivity index (χ3v) is 8.52. The molecule has 1 saturated heterocycles. The smallest absolute Gasteiger partial charge is 0.358 e. The van der Waals surface area contributed by atoms with Crippen LogP contribution in [0.15, 0.2) is 36.4 Å². The fourth-order valence-corrected chi connectivity index (χ4v) is 5.92. The number of benzene rings is 2. The van der Waals surface area contributed by atoms with Crippen molar-refractivity contribution in [1.82, 2.24) is 20.4 Å². The SMILES string of the molecule is CNC(=O)C(CN1CC[C@H](N(C)C(=O)C(C)(C)c2cc(C(F)(F)F)cc(C(F)(F)F)c2)[C@@H](c2ccc(F)cc2C)C1)C(=O)NC. The fraction of sp³-hybridized carbons (Fsp3) is 0.516. The summed E-state index contributed by atoms with van der Waals surface area (Å²) in [6, 6.07) is 4.66. The van der Waals surface area contributed by atoms with Crippen molar-refractivity contribution in [2.24, 2.45) is 5.92 Å². The van der Waals surface area contributed by atoms with Crippen LogP contribution in [0.1, 0.15) is 54.0 Å². The number of nitrogens with zero attached hydrogens (tertiary/aromatic N) is 2. The van der Waals surface area contributed by atoms with Gasteiger partial charge in [-0.25, -0.2) is 4.39 Å². The number of likely N-dealkylation sites (N-methyl/N-ethyl adjacent to an activating group) is 1. The van der Waals surface area contributed by atoms with E-state index in [2.05, 4.69) is 10.6 Å². The molecule has 1 aliphatic rings. The Hall–Kier alpha value is -3.68. The van der Waals surface area contributed by atoms with Crippen molar-refractivity contribution in [2.75, 3.05) is 40.8 Å². The van der Waals surface area contributed by atoms with E-state index in [0.29, 0.717) is 29.8 Å². The molecule has 1 fully saturated rings. The molecule has 2 atom stereocenters. The fourth-order valence-electron chi connectivity index (χ4n) is 5.92. The zero-order valence-electron chi connectivity index (χ0n) is 25.8. The van der Waals surface area contributed by atoms with Crippen LogP contribution in [0.5, 0.6) is 0 Å². The highest BCUT2D eigenvalue weighted by molar-refractivity contribution is 6.00. The maximum Gasteiger partial charge on any atom is 0.416 e. The Bertz CT molecular complexity index is 1380. The van der Waals surface area contributed by atoms with E-state index in [1.54, 1.807) is 13.0 Å². The van der Waals surface area contributed by atoms with Crippen molar-refractivity contribution < 1.29 is 45.1 Å². The van der Waals surface area contributed by atoms with Crippen molar-refractivity contribution in [3.05, 3.63) is 70.0 Å². The van der Waals surface area contributed by atoms with Crippen molar-refractivity contribution in [2.45, 2.75) is 56.9 Å². The summed E-state index contributed by atoms with van der Waals surface area (Å²) in [6.07, 6.45) is -9.88. The van der Waals surface area contributed by atoms with Gasteiger partial charge in [0.25, 0.3) is 0 Å². The van der Waals surface area contributed by atoms with Crippen LogP contribution in [0, 0.1) is 18.7 Å².